The fourth-order valence-electron chi connectivity index (χ4n) is 3.19. The standard InChI is InChI=1S/C16H20ClN5O2S/c1-20-2-3-22(13(23)10-20)9-11-8-12-14(25-11)15(19-16(17)18-12)21-4-6-24-7-5-21/h8H,2-7,9-10H2,1H3. The number of aromatic nitrogens is 2. The van der Waals surface area contributed by atoms with Crippen molar-refractivity contribution in [2.24, 2.45) is 0 Å². The van der Waals surface area contributed by atoms with Gasteiger partial charge in [0.25, 0.3) is 0 Å². The van der Waals surface area contributed by atoms with Crippen LogP contribution < -0.4 is 4.90 Å². The molecule has 2 saturated heterocycles. The van der Waals surface area contributed by atoms with E-state index in [1.54, 1.807) is 11.3 Å². The number of piperazine rings is 1. The van der Waals surface area contributed by atoms with Gasteiger partial charge in [-0.05, 0) is 24.7 Å². The van der Waals surface area contributed by atoms with Gasteiger partial charge in [0.1, 0.15) is 0 Å². The van der Waals surface area contributed by atoms with E-state index >= 15 is 0 Å². The minimum atomic E-state index is 0.170. The zero-order valence-corrected chi connectivity index (χ0v) is 15.6. The first kappa shape index (κ1) is 17.0. The molecule has 0 radical (unpaired) electrons. The van der Waals surface area contributed by atoms with Crippen LogP contribution in [-0.2, 0) is 16.1 Å². The molecule has 0 spiro atoms. The molecule has 9 heteroatoms. The molecule has 2 fully saturated rings. The molecule has 7 nitrogen and oxygen atoms in total. The SMILES string of the molecule is CN1CCN(Cc2cc3nc(Cl)nc(N4CCOCC4)c3s2)C(=O)C1. The number of halogens is 1. The fourth-order valence-corrected chi connectivity index (χ4v) is 4.48. The predicted octanol–water partition coefficient (Wildman–Crippen LogP) is 1.46. The van der Waals surface area contributed by atoms with Crippen LogP contribution in [0.5, 0.6) is 0 Å². The summed E-state index contributed by atoms with van der Waals surface area (Å²) in [4.78, 5) is 28.3. The van der Waals surface area contributed by atoms with Gasteiger partial charge in [-0.15, -0.1) is 11.3 Å². The molecule has 0 N–H and O–H groups in total. The van der Waals surface area contributed by atoms with E-state index in [9.17, 15) is 4.79 Å². The van der Waals surface area contributed by atoms with Crippen molar-refractivity contribution in [3.63, 3.8) is 0 Å². The third-order valence-corrected chi connectivity index (χ3v) is 5.82. The van der Waals surface area contributed by atoms with Crippen molar-refractivity contribution in [1.29, 1.82) is 0 Å². The summed E-state index contributed by atoms with van der Waals surface area (Å²) in [6, 6.07) is 2.03. The lowest BCUT2D eigenvalue weighted by Crippen LogP contribution is -2.48. The number of fused-ring (bicyclic) bond motifs is 1. The molecule has 25 heavy (non-hydrogen) atoms. The number of anilines is 1. The van der Waals surface area contributed by atoms with Gasteiger partial charge < -0.3 is 14.5 Å². The number of hydrogen-bond donors (Lipinski definition) is 0. The smallest absolute Gasteiger partial charge is 0.237 e. The van der Waals surface area contributed by atoms with E-state index in [2.05, 4.69) is 14.9 Å². The van der Waals surface area contributed by atoms with Crippen LogP contribution in [0.3, 0.4) is 0 Å². The van der Waals surface area contributed by atoms with Crippen LogP contribution in [-0.4, -0.2) is 78.7 Å². The number of ether oxygens (including phenoxy) is 1. The molecule has 0 aromatic carbocycles. The number of hydrogen-bond acceptors (Lipinski definition) is 7. The number of carbonyl (C=O) groups is 1. The maximum atomic E-state index is 12.2. The Labute approximate surface area is 155 Å². The molecule has 0 aliphatic carbocycles. The fraction of sp³-hybridized carbons (Fsp3) is 0.562. The number of thiophene rings is 1. The molecular formula is C16H20ClN5O2S. The van der Waals surface area contributed by atoms with Crippen LogP contribution in [0.1, 0.15) is 4.88 Å². The highest BCUT2D eigenvalue weighted by molar-refractivity contribution is 7.19. The maximum Gasteiger partial charge on any atom is 0.237 e. The zero-order valence-electron chi connectivity index (χ0n) is 14.1. The quantitative estimate of drug-likeness (QED) is 0.750. The lowest BCUT2D eigenvalue weighted by molar-refractivity contribution is -0.135. The summed E-state index contributed by atoms with van der Waals surface area (Å²) in [5, 5.41) is 0.258. The first-order valence-corrected chi connectivity index (χ1v) is 9.54. The van der Waals surface area contributed by atoms with E-state index in [0.29, 0.717) is 26.3 Å². The third-order valence-electron chi connectivity index (χ3n) is 4.54. The minimum absolute atomic E-state index is 0.170. The van der Waals surface area contributed by atoms with Crippen LogP contribution in [0.4, 0.5) is 5.82 Å². The Morgan fingerprint density at radius 3 is 2.80 bits per heavy atom. The Bertz CT molecular complexity index is 792. The molecule has 0 atom stereocenters. The molecule has 0 bridgehead atoms. The molecule has 4 heterocycles. The number of carbonyl (C=O) groups excluding carboxylic acids is 1. The molecule has 0 unspecified atom stereocenters. The van der Waals surface area contributed by atoms with Gasteiger partial charge in [0.15, 0.2) is 5.82 Å². The van der Waals surface area contributed by atoms with Crippen molar-refractivity contribution >= 4 is 44.9 Å². The van der Waals surface area contributed by atoms with Crippen LogP contribution in [0.15, 0.2) is 6.07 Å². The van der Waals surface area contributed by atoms with Gasteiger partial charge in [0, 0.05) is 31.1 Å². The van der Waals surface area contributed by atoms with Crippen LogP contribution in [0.25, 0.3) is 10.2 Å². The highest BCUT2D eigenvalue weighted by Gasteiger charge is 2.24. The second kappa shape index (κ2) is 7.03. The lowest BCUT2D eigenvalue weighted by Gasteiger charge is -2.31. The van der Waals surface area contributed by atoms with Gasteiger partial charge in [-0.3, -0.25) is 9.69 Å². The molecule has 0 saturated carbocycles. The monoisotopic (exact) mass is 381 g/mol. The molecule has 4 rings (SSSR count). The number of likely N-dealkylation sites (N-methyl/N-ethyl adjacent to an activating group) is 1. The second-order valence-corrected chi connectivity index (χ2v) is 7.87. The summed E-state index contributed by atoms with van der Waals surface area (Å²) in [7, 11) is 1.97. The van der Waals surface area contributed by atoms with Crippen LogP contribution >= 0.6 is 22.9 Å². The van der Waals surface area contributed by atoms with Crippen molar-refractivity contribution < 1.29 is 9.53 Å². The van der Waals surface area contributed by atoms with Gasteiger partial charge in [-0.25, -0.2) is 4.98 Å². The van der Waals surface area contributed by atoms with Gasteiger partial charge in [-0.1, -0.05) is 0 Å². The molecule has 2 aliphatic heterocycles. The minimum Gasteiger partial charge on any atom is -0.378 e. The van der Waals surface area contributed by atoms with Crippen molar-refractivity contribution in [2.75, 3.05) is 57.9 Å². The molecule has 1 amide bonds. The molecule has 134 valence electrons. The highest BCUT2D eigenvalue weighted by Crippen LogP contribution is 2.34. The molecule has 2 aromatic heterocycles. The molecule has 2 aliphatic rings. The summed E-state index contributed by atoms with van der Waals surface area (Å²) < 4.78 is 6.46. The topological polar surface area (TPSA) is 61.8 Å². The average molecular weight is 382 g/mol. The average Bonchev–Trinajstić information content (AvgIpc) is 2.99. The number of rotatable bonds is 3. The Morgan fingerprint density at radius 2 is 2.04 bits per heavy atom. The van der Waals surface area contributed by atoms with E-state index < -0.39 is 0 Å². The lowest BCUT2D eigenvalue weighted by atomic mass is 10.3. The Kier molecular flexibility index (Phi) is 4.77. The summed E-state index contributed by atoms with van der Waals surface area (Å²) in [5.74, 6) is 1.04. The van der Waals surface area contributed by atoms with E-state index in [1.807, 2.05) is 22.9 Å². The predicted molar refractivity (Wildman–Crippen MR) is 98.4 cm³/mol. The van der Waals surface area contributed by atoms with Gasteiger partial charge >= 0.3 is 0 Å². The van der Waals surface area contributed by atoms with Gasteiger partial charge in [-0.2, -0.15) is 4.98 Å². The number of amides is 1. The van der Waals surface area contributed by atoms with Crippen LogP contribution in [0.2, 0.25) is 5.28 Å². The maximum absolute atomic E-state index is 12.2. The molecular weight excluding hydrogens is 362 g/mol. The summed E-state index contributed by atoms with van der Waals surface area (Å²) in [5.41, 5.74) is 0.850. The first-order chi connectivity index (χ1) is 12.1. The van der Waals surface area contributed by atoms with E-state index in [-0.39, 0.29) is 11.2 Å². The van der Waals surface area contributed by atoms with Gasteiger partial charge in [0.05, 0.1) is 36.5 Å². The third kappa shape index (κ3) is 3.57. The van der Waals surface area contributed by atoms with Crippen molar-refractivity contribution in [3.8, 4) is 0 Å². The zero-order chi connectivity index (χ0) is 17.4. The van der Waals surface area contributed by atoms with Crippen LogP contribution in [0, 0.1) is 0 Å². The van der Waals surface area contributed by atoms with Crippen molar-refractivity contribution in [1.82, 2.24) is 19.8 Å². The number of morpholine rings is 1. The van der Waals surface area contributed by atoms with E-state index in [4.69, 9.17) is 16.3 Å². The van der Waals surface area contributed by atoms with Crippen molar-refractivity contribution in [3.05, 3.63) is 16.2 Å². The second-order valence-electron chi connectivity index (χ2n) is 6.40. The Balaban J connectivity index is 1.62. The Morgan fingerprint density at radius 1 is 1.24 bits per heavy atom. The largest absolute Gasteiger partial charge is 0.378 e. The first-order valence-electron chi connectivity index (χ1n) is 8.35. The normalized spacial score (nSPS) is 19.8. The highest BCUT2D eigenvalue weighted by atomic mass is 35.5. The van der Waals surface area contributed by atoms with E-state index in [1.165, 1.54) is 0 Å². The summed E-state index contributed by atoms with van der Waals surface area (Å²) >= 11 is 7.79. The summed E-state index contributed by atoms with van der Waals surface area (Å²) in [6.45, 7) is 5.74. The Hall–Kier alpha value is -1.48. The number of nitrogens with zero attached hydrogens (tertiary/aromatic N) is 5. The van der Waals surface area contributed by atoms with E-state index in [0.717, 1.165) is 47.1 Å². The van der Waals surface area contributed by atoms with Crippen molar-refractivity contribution in [2.45, 2.75) is 6.54 Å². The summed E-state index contributed by atoms with van der Waals surface area (Å²) in [6.07, 6.45) is 0. The van der Waals surface area contributed by atoms with Gasteiger partial charge in [0.2, 0.25) is 11.2 Å². The molecule has 2 aromatic rings.